The molecule has 2 unspecified atom stereocenters. The minimum Gasteiger partial charge on any atom is -0.348 e. The van der Waals surface area contributed by atoms with Crippen LogP contribution < -0.4 is 4.90 Å². The predicted molar refractivity (Wildman–Crippen MR) is 107 cm³/mol. The van der Waals surface area contributed by atoms with E-state index in [4.69, 9.17) is 4.74 Å². The number of anilines is 1. The minimum atomic E-state index is -1.59. The molecule has 1 saturated heterocycles. The summed E-state index contributed by atoms with van der Waals surface area (Å²) in [5.41, 5.74) is 0.116. The maximum Gasteiger partial charge on any atom is 0.285 e. The van der Waals surface area contributed by atoms with E-state index in [2.05, 4.69) is 4.98 Å². The quantitative estimate of drug-likeness (QED) is 0.548. The van der Waals surface area contributed by atoms with Gasteiger partial charge < -0.3 is 4.74 Å². The molecule has 0 spiro atoms. The number of carbonyl (C=O) groups excluding carboxylic acids is 2. The molecule has 146 valence electrons. The summed E-state index contributed by atoms with van der Waals surface area (Å²) in [5, 5.41) is 1.66. The van der Waals surface area contributed by atoms with Crippen molar-refractivity contribution in [1.29, 1.82) is 0 Å². The van der Waals surface area contributed by atoms with Crippen LogP contribution in [-0.2, 0) is 31.5 Å². The lowest BCUT2D eigenvalue weighted by Gasteiger charge is -2.57. The maximum absolute atomic E-state index is 13.2. The summed E-state index contributed by atoms with van der Waals surface area (Å²) in [4.78, 5) is 32.6. The van der Waals surface area contributed by atoms with Crippen molar-refractivity contribution in [2.75, 3.05) is 17.8 Å². The number of pyridine rings is 1. The van der Waals surface area contributed by atoms with Gasteiger partial charge in [-0.05, 0) is 35.2 Å². The molecule has 0 N–H and O–H groups in total. The molecule has 7 nitrogen and oxygen atoms in total. The first-order valence-electron chi connectivity index (χ1n) is 8.68. The van der Waals surface area contributed by atoms with Crippen molar-refractivity contribution in [1.82, 2.24) is 9.88 Å². The number of methoxy groups -OCH3 is 1. The van der Waals surface area contributed by atoms with Gasteiger partial charge in [0.1, 0.15) is 5.00 Å². The van der Waals surface area contributed by atoms with Gasteiger partial charge in [0.05, 0.1) is 10.8 Å². The average molecular weight is 418 g/mol. The fraction of sp³-hybridized carbons (Fsp3) is 0.316. The van der Waals surface area contributed by atoms with Gasteiger partial charge in [-0.3, -0.25) is 28.6 Å². The Morgan fingerprint density at radius 2 is 2.25 bits per heavy atom. The number of fused-ring (bicyclic) bond motifs is 1. The molecule has 28 heavy (non-hydrogen) atoms. The summed E-state index contributed by atoms with van der Waals surface area (Å²) in [7, 11) is -0.0478. The second-order valence-corrected chi connectivity index (χ2v) is 9.00. The second-order valence-electron chi connectivity index (χ2n) is 6.58. The Bertz CT molecular complexity index is 961. The van der Waals surface area contributed by atoms with Gasteiger partial charge in [0.25, 0.3) is 11.6 Å². The number of hydrogen-bond acceptors (Lipinski definition) is 6. The smallest absolute Gasteiger partial charge is 0.285 e. The van der Waals surface area contributed by atoms with Gasteiger partial charge in [-0.2, -0.15) is 0 Å². The van der Waals surface area contributed by atoms with E-state index in [1.807, 2.05) is 23.6 Å². The van der Waals surface area contributed by atoms with Crippen LogP contribution in [0.1, 0.15) is 12.6 Å². The molecule has 0 aliphatic carbocycles. The van der Waals surface area contributed by atoms with Gasteiger partial charge in [0.15, 0.2) is 5.37 Å². The van der Waals surface area contributed by atoms with Crippen LogP contribution in [0.25, 0.3) is 0 Å². The second kappa shape index (κ2) is 7.23. The number of thiophene rings is 1. The molecule has 1 fully saturated rings. The fourth-order valence-electron chi connectivity index (χ4n) is 3.71. The first kappa shape index (κ1) is 19.0. The van der Waals surface area contributed by atoms with Crippen molar-refractivity contribution in [3.8, 4) is 0 Å². The molecule has 2 aliphatic rings. The van der Waals surface area contributed by atoms with E-state index < -0.39 is 27.8 Å². The normalized spacial score (nSPS) is 26.3. The Kier molecular flexibility index (Phi) is 4.90. The van der Waals surface area contributed by atoms with Crippen molar-refractivity contribution in [3.63, 3.8) is 0 Å². The summed E-state index contributed by atoms with van der Waals surface area (Å²) >= 11 is 1.33. The molecule has 2 aliphatic heterocycles. The highest BCUT2D eigenvalue weighted by atomic mass is 32.2. The lowest BCUT2D eigenvalue weighted by molar-refractivity contribution is -0.182. The standard InChI is InChI=1S/C19H19N3O4S2/c1-13(23)22(16-7-5-9-27-16)19(26-2)17(24)21-11-14(12-28(25)18(19)21)10-15-6-3-4-8-20-15/h3-9,11,18H,10,12H2,1-2H3/t18-,19?,28?/m1/s1. The van der Waals surface area contributed by atoms with Crippen molar-refractivity contribution >= 4 is 39.0 Å². The number of aromatic nitrogens is 1. The SMILES string of the molecule is COC1(N(C(C)=O)c2cccs2)C(=O)N2C=C(Cc3ccccn3)CS(=O)[C@@H]21. The number of amides is 2. The lowest BCUT2D eigenvalue weighted by atomic mass is 9.98. The number of hydrogen-bond donors (Lipinski definition) is 0. The summed E-state index contributed by atoms with van der Waals surface area (Å²) in [6.07, 6.45) is 3.95. The van der Waals surface area contributed by atoms with Crippen molar-refractivity contribution < 1.29 is 18.5 Å². The highest BCUT2D eigenvalue weighted by Gasteiger charge is 2.69. The molecule has 4 heterocycles. The molecule has 2 aromatic heterocycles. The lowest BCUT2D eigenvalue weighted by Crippen LogP contribution is -2.82. The Morgan fingerprint density at radius 3 is 2.86 bits per heavy atom. The van der Waals surface area contributed by atoms with Gasteiger partial charge in [-0.15, -0.1) is 11.3 Å². The van der Waals surface area contributed by atoms with Gasteiger partial charge in [-0.1, -0.05) is 6.07 Å². The summed E-state index contributed by atoms with van der Waals surface area (Å²) in [5.74, 6) is -0.431. The summed E-state index contributed by atoms with van der Waals surface area (Å²) in [6, 6.07) is 9.16. The van der Waals surface area contributed by atoms with Crippen LogP contribution in [0.3, 0.4) is 0 Å². The van der Waals surface area contributed by atoms with E-state index >= 15 is 0 Å². The highest BCUT2D eigenvalue weighted by Crippen LogP contribution is 2.45. The van der Waals surface area contributed by atoms with Crippen molar-refractivity contribution in [2.45, 2.75) is 24.4 Å². The van der Waals surface area contributed by atoms with Gasteiger partial charge in [0.2, 0.25) is 5.91 Å². The molecule has 2 amide bonds. The molecule has 0 saturated carbocycles. The average Bonchev–Trinajstić information content (AvgIpc) is 3.20. The third-order valence-electron chi connectivity index (χ3n) is 4.85. The van der Waals surface area contributed by atoms with E-state index in [9.17, 15) is 13.8 Å². The number of ether oxygens (including phenoxy) is 1. The number of nitrogens with zero attached hydrogens (tertiary/aromatic N) is 3. The molecule has 4 rings (SSSR count). The van der Waals surface area contributed by atoms with Gasteiger partial charge in [-0.25, -0.2) is 0 Å². The summed E-state index contributed by atoms with van der Waals surface area (Å²) < 4.78 is 18.7. The largest absolute Gasteiger partial charge is 0.348 e. The topological polar surface area (TPSA) is 79.8 Å². The Morgan fingerprint density at radius 1 is 1.43 bits per heavy atom. The predicted octanol–water partition coefficient (Wildman–Crippen LogP) is 1.90. The first-order chi connectivity index (χ1) is 13.5. The van der Waals surface area contributed by atoms with E-state index in [1.54, 1.807) is 24.5 Å². The van der Waals surface area contributed by atoms with E-state index in [0.717, 1.165) is 11.3 Å². The fourth-order valence-corrected chi connectivity index (χ4v) is 6.31. The maximum atomic E-state index is 13.2. The Balaban J connectivity index is 1.68. The molecule has 0 bridgehead atoms. The third kappa shape index (κ3) is 2.81. The van der Waals surface area contributed by atoms with E-state index in [-0.39, 0.29) is 5.91 Å². The van der Waals surface area contributed by atoms with Gasteiger partial charge in [0, 0.05) is 44.3 Å². The van der Waals surface area contributed by atoms with Crippen molar-refractivity contribution in [3.05, 3.63) is 59.4 Å². The highest BCUT2D eigenvalue weighted by molar-refractivity contribution is 7.86. The number of rotatable bonds is 5. The Labute approximate surface area is 169 Å². The molecule has 3 atom stereocenters. The molecule has 0 aromatic carbocycles. The van der Waals surface area contributed by atoms with Crippen LogP contribution in [0, 0.1) is 0 Å². The summed E-state index contributed by atoms with van der Waals surface area (Å²) in [6.45, 7) is 1.38. The number of β-lactam (4-membered cyclic amide) rings is 1. The zero-order valence-electron chi connectivity index (χ0n) is 15.4. The van der Waals surface area contributed by atoms with Crippen LogP contribution in [-0.4, -0.2) is 49.9 Å². The van der Waals surface area contributed by atoms with Crippen LogP contribution in [0.4, 0.5) is 5.00 Å². The van der Waals surface area contributed by atoms with Crippen molar-refractivity contribution in [2.24, 2.45) is 0 Å². The first-order valence-corrected chi connectivity index (χ1v) is 10.9. The molecule has 2 aromatic rings. The minimum absolute atomic E-state index is 0.298. The molecule has 9 heteroatoms. The van der Waals surface area contributed by atoms with Crippen LogP contribution >= 0.6 is 11.3 Å². The van der Waals surface area contributed by atoms with E-state index in [1.165, 1.54) is 35.2 Å². The Hall–Kier alpha value is -2.36. The van der Waals surface area contributed by atoms with Crippen LogP contribution in [0.5, 0.6) is 0 Å². The zero-order valence-corrected chi connectivity index (χ0v) is 17.0. The molecule has 0 radical (unpaired) electrons. The third-order valence-corrected chi connectivity index (χ3v) is 7.40. The monoisotopic (exact) mass is 417 g/mol. The van der Waals surface area contributed by atoms with E-state index in [0.29, 0.717) is 17.2 Å². The van der Waals surface area contributed by atoms with Crippen LogP contribution in [0.2, 0.25) is 0 Å². The zero-order chi connectivity index (χ0) is 19.9. The number of carbonyl (C=O) groups is 2. The molecular formula is C19H19N3O4S2. The van der Waals surface area contributed by atoms with Crippen LogP contribution in [0.15, 0.2) is 53.7 Å². The van der Waals surface area contributed by atoms with Gasteiger partial charge >= 0.3 is 0 Å². The molecular weight excluding hydrogens is 398 g/mol.